The van der Waals surface area contributed by atoms with Gasteiger partial charge in [-0.3, -0.25) is 14.6 Å². The number of benzene rings is 1. The fraction of sp³-hybridized carbons (Fsp3) is 0.389. The number of nitrogens with zero attached hydrogens (tertiary/aromatic N) is 2. The zero-order valence-electron chi connectivity index (χ0n) is 14.0. The molecular formula is C18H21ClN2O3S. The molecule has 134 valence electrons. The normalized spacial score (nSPS) is 17.4. The smallest absolute Gasteiger partial charge is 0.325 e. The maximum Gasteiger partial charge on any atom is 0.325 e. The first-order valence-electron chi connectivity index (χ1n) is 8.12. The molecule has 1 aromatic heterocycles. The second-order valence-electron chi connectivity index (χ2n) is 6.07. The first kappa shape index (κ1) is 18.2. The van der Waals surface area contributed by atoms with Gasteiger partial charge in [-0.2, -0.15) is 11.3 Å². The van der Waals surface area contributed by atoms with Crippen LogP contribution in [-0.2, 0) is 11.3 Å². The molecule has 0 amide bonds. The molecule has 0 spiro atoms. The number of hydrogen-bond donors (Lipinski definition) is 1. The third-order valence-corrected chi connectivity index (χ3v) is 5.45. The Morgan fingerprint density at radius 2 is 2.08 bits per heavy atom. The summed E-state index contributed by atoms with van der Waals surface area (Å²) in [5.74, 6) is -0.329. The third-order valence-electron chi connectivity index (χ3n) is 4.48. The molecule has 7 heteroatoms. The minimum Gasteiger partial charge on any atom is -0.496 e. The highest BCUT2D eigenvalue weighted by molar-refractivity contribution is 7.07. The van der Waals surface area contributed by atoms with Crippen molar-refractivity contribution in [2.24, 2.45) is 0 Å². The Bertz CT molecular complexity index is 715. The summed E-state index contributed by atoms with van der Waals surface area (Å²) in [5.41, 5.74) is 1.92. The molecule has 0 saturated carbocycles. The zero-order valence-corrected chi connectivity index (χ0v) is 15.6. The molecule has 1 N–H and O–H groups in total. The van der Waals surface area contributed by atoms with Gasteiger partial charge in [-0.05, 0) is 40.6 Å². The molecule has 1 aliphatic heterocycles. The molecule has 1 fully saturated rings. The van der Waals surface area contributed by atoms with Crippen LogP contribution >= 0.6 is 22.9 Å². The monoisotopic (exact) mass is 380 g/mol. The number of ether oxygens (including phenoxy) is 1. The van der Waals surface area contributed by atoms with Gasteiger partial charge in [0.05, 0.1) is 7.11 Å². The van der Waals surface area contributed by atoms with Crippen molar-refractivity contribution in [1.82, 2.24) is 9.80 Å². The van der Waals surface area contributed by atoms with Crippen LogP contribution in [0.1, 0.15) is 17.2 Å². The minimum absolute atomic E-state index is 0.512. The summed E-state index contributed by atoms with van der Waals surface area (Å²) in [4.78, 5) is 16.3. The van der Waals surface area contributed by atoms with Gasteiger partial charge in [-0.1, -0.05) is 11.6 Å². The van der Waals surface area contributed by atoms with Crippen molar-refractivity contribution in [1.29, 1.82) is 0 Å². The van der Waals surface area contributed by atoms with E-state index in [2.05, 4.69) is 21.7 Å². The van der Waals surface area contributed by atoms with Crippen molar-refractivity contribution in [3.63, 3.8) is 0 Å². The highest BCUT2D eigenvalue weighted by atomic mass is 35.5. The molecule has 1 aromatic carbocycles. The van der Waals surface area contributed by atoms with Crippen molar-refractivity contribution < 1.29 is 14.6 Å². The average molecular weight is 381 g/mol. The number of halogens is 1. The number of carboxylic acids is 1. The Balaban J connectivity index is 1.72. The van der Waals surface area contributed by atoms with Crippen LogP contribution in [0.2, 0.25) is 5.02 Å². The standard InChI is InChI=1S/C18H21ClN2O3S/c1-24-16-3-2-14(19)10-15(16)17(18(22)23)21-7-5-20(6-8-21)11-13-4-9-25-12-13/h2-4,9-10,12,17H,5-8,11H2,1H3,(H,22,23)/t17-/m1/s1. The van der Waals surface area contributed by atoms with Crippen molar-refractivity contribution in [2.45, 2.75) is 12.6 Å². The number of piperazine rings is 1. The van der Waals surface area contributed by atoms with Crippen LogP contribution in [0.25, 0.3) is 0 Å². The van der Waals surface area contributed by atoms with E-state index in [1.165, 1.54) is 5.56 Å². The van der Waals surface area contributed by atoms with Gasteiger partial charge in [0.15, 0.2) is 0 Å². The number of hydrogen-bond acceptors (Lipinski definition) is 5. The van der Waals surface area contributed by atoms with Crippen molar-refractivity contribution >= 4 is 28.9 Å². The van der Waals surface area contributed by atoms with E-state index in [0.29, 0.717) is 29.4 Å². The summed E-state index contributed by atoms with van der Waals surface area (Å²) in [6.07, 6.45) is 0. The lowest BCUT2D eigenvalue weighted by molar-refractivity contribution is -0.144. The molecule has 3 rings (SSSR count). The first-order valence-corrected chi connectivity index (χ1v) is 9.44. The Labute approximate surface area is 156 Å². The van der Waals surface area contributed by atoms with E-state index >= 15 is 0 Å². The van der Waals surface area contributed by atoms with Gasteiger partial charge in [-0.15, -0.1) is 0 Å². The number of carbonyl (C=O) groups is 1. The lowest BCUT2D eigenvalue weighted by Gasteiger charge is -2.38. The number of aliphatic carboxylic acids is 1. The van der Waals surface area contributed by atoms with E-state index < -0.39 is 12.0 Å². The number of thiophene rings is 1. The fourth-order valence-corrected chi connectivity index (χ4v) is 4.07. The summed E-state index contributed by atoms with van der Waals surface area (Å²) < 4.78 is 5.36. The SMILES string of the molecule is COc1ccc(Cl)cc1[C@H](C(=O)O)N1CCN(Cc2ccsc2)CC1. The predicted molar refractivity (Wildman–Crippen MR) is 99.5 cm³/mol. The lowest BCUT2D eigenvalue weighted by atomic mass is 10.0. The number of rotatable bonds is 6. The van der Waals surface area contributed by atoms with Crippen LogP contribution in [0.4, 0.5) is 0 Å². The Kier molecular flexibility index (Phi) is 5.96. The van der Waals surface area contributed by atoms with Crippen molar-refractivity contribution in [2.75, 3.05) is 33.3 Å². The van der Waals surface area contributed by atoms with E-state index in [0.717, 1.165) is 19.6 Å². The maximum absolute atomic E-state index is 12.0. The van der Waals surface area contributed by atoms with Gasteiger partial charge in [0.1, 0.15) is 11.8 Å². The predicted octanol–water partition coefficient (Wildman–Crippen LogP) is 3.35. The molecule has 25 heavy (non-hydrogen) atoms. The average Bonchev–Trinajstić information content (AvgIpc) is 3.10. The van der Waals surface area contributed by atoms with Crippen LogP contribution in [-0.4, -0.2) is 54.2 Å². The second-order valence-corrected chi connectivity index (χ2v) is 7.29. The summed E-state index contributed by atoms with van der Waals surface area (Å²) in [6, 6.07) is 6.50. The van der Waals surface area contributed by atoms with Crippen LogP contribution in [0.15, 0.2) is 35.0 Å². The molecule has 1 aliphatic rings. The van der Waals surface area contributed by atoms with Crippen LogP contribution in [0.3, 0.4) is 0 Å². The Morgan fingerprint density at radius 3 is 2.68 bits per heavy atom. The summed E-state index contributed by atoms with van der Waals surface area (Å²) in [7, 11) is 1.55. The van der Waals surface area contributed by atoms with Gasteiger partial charge in [0.2, 0.25) is 0 Å². The molecule has 0 aliphatic carbocycles. The van der Waals surface area contributed by atoms with Crippen LogP contribution in [0, 0.1) is 0 Å². The number of methoxy groups -OCH3 is 1. The molecule has 0 unspecified atom stereocenters. The molecule has 0 radical (unpaired) electrons. The molecule has 1 atom stereocenters. The summed E-state index contributed by atoms with van der Waals surface area (Å²) in [6.45, 7) is 3.97. The summed E-state index contributed by atoms with van der Waals surface area (Å²) >= 11 is 7.79. The molecule has 5 nitrogen and oxygen atoms in total. The Hall–Kier alpha value is -1.60. The third kappa shape index (κ3) is 4.33. The lowest BCUT2D eigenvalue weighted by Crippen LogP contribution is -2.48. The van der Waals surface area contributed by atoms with E-state index in [1.807, 2.05) is 4.90 Å². The van der Waals surface area contributed by atoms with Gasteiger partial charge >= 0.3 is 5.97 Å². The van der Waals surface area contributed by atoms with Gasteiger partial charge in [-0.25, -0.2) is 0 Å². The largest absolute Gasteiger partial charge is 0.496 e. The molecule has 0 bridgehead atoms. The van der Waals surface area contributed by atoms with Crippen molar-refractivity contribution in [3.8, 4) is 5.75 Å². The van der Waals surface area contributed by atoms with E-state index in [-0.39, 0.29) is 0 Å². The fourth-order valence-electron chi connectivity index (χ4n) is 3.23. The maximum atomic E-state index is 12.0. The van der Waals surface area contributed by atoms with Crippen molar-refractivity contribution in [3.05, 3.63) is 51.2 Å². The first-order chi connectivity index (χ1) is 12.1. The highest BCUT2D eigenvalue weighted by Crippen LogP contribution is 2.33. The van der Waals surface area contributed by atoms with Gasteiger partial charge in [0.25, 0.3) is 0 Å². The topological polar surface area (TPSA) is 53.0 Å². The zero-order chi connectivity index (χ0) is 17.8. The second kappa shape index (κ2) is 8.19. The quantitative estimate of drug-likeness (QED) is 0.832. The van der Waals surface area contributed by atoms with Crippen LogP contribution < -0.4 is 4.74 Å². The van der Waals surface area contributed by atoms with E-state index in [1.54, 1.807) is 36.6 Å². The molecule has 2 aromatic rings. The molecular weight excluding hydrogens is 360 g/mol. The molecule has 1 saturated heterocycles. The van der Waals surface area contributed by atoms with Gasteiger partial charge in [0, 0.05) is 43.3 Å². The van der Waals surface area contributed by atoms with Crippen LogP contribution in [0.5, 0.6) is 5.75 Å². The number of carboxylic acid groups (broad SMARTS) is 1. The molecule has 2 heterocycles. The highest BCUT2D eigenvalue weighted by Gasteiger charge is 2.32. The summed E-state index contributed by atoms with van der Waals surface area (Å²) in [5, 5.41) is 14.6. The Morgan fingerprint density at radius 1 is 1.32 bits per heavy atom. The van der Waals surface area contributed by atoms with Gasteiger partial charge < -0.3 is 9.84 Å². The minimum atomic E-state index is -0.883. The van der Waals surface area contributed by atoms with E-state index in [4.69, 9.17) is 16.3 Å². The van der Waals surface area contributed by atoms with E-state index in [9.17, 15) is 9.90 Å².